The Morgan fingerprint density at radius 3 is 2.55 bits per heavy atom. The zero-order valence-corrected chi connectivity index (χ0v) is 14.6. The van der Waals surface area contributed by atoms with Gasteiger partial charge in [0, 0.05) is 25.1 Å². The van der Waals surface area contributed by atoms with Gasteiger partial charge in [0.05, 0.1) is 25.1 Å². The summed E-state index contributed by atoms with van der Waals surface area (Å²) in [6, 6.07) is 1.99. The molecular formula is C13H16Cl3N3S. The summed E-state index contributed by atoms with van der Waals surface area (Å²) in [6.07, 6.45) is 0.719. The zero-order chi connectivity index (χ0) is 14.9. The highest BCUT2D eigenvalue weighted by Gasteiger charge is 2.21. The molecular weight excluding hydrogens is 337 g/mol. The van der Waals surface area contributed by atoms with Gasteiger partial charge in [0.15, 0.2) is 0 Å². The van der Waals surface area contributed by atoms with Gasteiger partial charge in [0.2, 0.25) is 0 Å². The van der Waals surface area contributed by atoms with Crippen LogP contribution in [0.1, 0.15) is 29.9 Å². The first kappa shape index (κ1) is 16.1. The molecule has 3 nitrogen and oxygen atoms in total. The number of rotatable bonds is 5. The molecule has 2 aromatic heterocycles. The van der Waals surface area contributed by atoms with E-state index in [-0.39, 0.29) is 6.04 Å². The summed E-state index contributed by atoms with van der Waals surface area (Å²) >= 11 is 20.0. The molecule has 0 amide bonds. The summed E-state index contributed by atoms with van der Waals surface area (Å²) in [7, 11) is 1.90. The standard InChI is InChI=1S/C13H16Cl3N3S/c1-4-17-9(8-5-11(14)20-13(8)16)6-10-12(15)7(2)18-19(10)3/h5,9,17H,4,6H2,1-3H3. The Balaban J connectivity index is 2.32. The average Bonchev–Trinajstić information content (AvgIpc) is 2.82. The maximum atomic E-state index is 6.32. The molecule has 0 aliphatic heterocycles. The van der Waals surface area contributed by atoms with E-state index in [2.05, 4.69) is 17.3 Å². The zero-order valence-electron chi connectivity index (χ0n) is 11.5. The number of halogens is 3. The fourth-order valence-electron chi connectivity index (χ4n) is 2.22. The molecule has 2 aromatic rings. The molecule has 110 valence electrons. The quantitative estimate of drug-likeness (QED) is 0.849. The molecule has 0 saturated carbocycles. The molecule has 1 N–H and O–H groups in total. The van der Waals surface area contributed by atoms with Crippen LogP contribution >= 0.6 is 46.1 Å². The second-order valence-electron chi connectivity index (χ2n) is 4.56. The van der Waals surface area contributed by atoms with Crippen molar-refractivity contribution in [2.75, 3.05) is 6.54 Å². The number of aromatic nitrogens is 2. The van der Waals surface area contributed by atoms with E-state index < -0.39 is 0 Å². The Morgan fingerprint density at radius 2 is 2.10 bits per heavy atom. The van der Waals surface area contributed by atoms with Crippen LogP contribution in [0.15, 0.2) is 6.07 Å². The van der Waals surface area contributed by atoms with Crippen LogP contribution in [0, 0.1) is 6.92 Å². The van der Waals surface area contributed by atoms with Crippen LogP contribution in [0.3, 0.4) is 0 Å². The maximum absolute atomic E-state index is 6.32. The molecule has 1 atom stereocenters. The van der Waals surface area contributed by atoms with Crippen LogP contribution in [0.25, 0.3) is 0 Å². The van der Waals surface area contributed by atoms with Crippen molar-refractivity contribution >= 4 is 46.1 Å². The monoisotopic (exact) mass is 351 g/mol. The molecule has 20 heavy (non-hydrogen) atoms. The topological polar surface area (TPSA) is 29.9 Å². The number of nitrogens with one attached hydrogen (secondary N) is 1. The van der Waals surface area contributed by atoms with Crippen molar-refractivity contribution in [2.45, 2.75) is 26.3 Å². The van der Waals surface area contributed by atoms with E-state index in [1.807, 2.05) is 24.7 Å². The van der Waals surface area contributed by atoms with E-state index in [1.165, 1.54) is 11.3 Å². The first-order chi connectivity index (χ1) is 9.43. The van der Waals surface area contributed by atoms with Gasteiger partial charge in [-0.3, -0.25) is 4.68 Å². The molecule has 0 aromatic carbocycles. The van der Waals surface area contributed by atoms with E-state index in [1.54, 1.807) is 0 Å². The Bertz CT molecular complexity index is 606. The Kier molecular flexibility index (Phi) is 5.37. The van der Waals surface area contributed by atoms with Crippen LogP contribution in [0.2, 0.25) is 13.7 Å². The minimum atomic E-state index is 0.0727. The number of hydrogen-bond donors (Lipinski definition) is 1. The normalized spacial score (nSPS) is 12.9. The largest absolute Gasteiger partial charge is 0.310 e. The van der Waals surface area contributed by atoms with Crippen LogP contribution in [-0.2, 0) is 13.5 Å². The fourth-order valence-corrected chi connectivity index (χ4v) is 4.04. The summed E-state index contributed by atoms with van der Waals surface area (Å²) in [5.41, 5.74) is 2.85. The Labute approximate surface area is 137 Å². The van der Waals surface area contributed by atoms with Gasteiger partial charge in [-0.2, -0.15) is 5.10 Å². The molecule has 2 rings (SSSR count). The number of hydrogen-bond acceptors (Lipinski definition) is 3. The third kappa shape index (κ3) is 3.31. The number of aryl methyl sites for hydroxylation is 2. The molecule has 1 unspecified atom stereocenters. The maximum Gasteiger partial charge on any atom is 0.0992 e. The first-order valence-electron chi connectivity index (χ1n) is 6.30. The molecule has 0 spiro atoms. The Morgan fingerprint density at radius 1 is 1.40 bits per heavy atom. The minimum Gasteiger partial charge on any atom is -0.310 e. The van der Waals surface area contributed by atoms with Gasteiger partial charge >= 0.3 is 0 Å². The number of thiophene rings is 1. The van der Waals surface area contributed by atoms with Gasteiger partial charge in [-0.25, -0.2) is 0 Å². The second kappa shape index (κ2) is 6.67. The van der Waals surface area contributed by atoms with E-state index in [9.17, 15) is 0 Å². The van der Waals surface area contributed by atoms with Crippen molar-refractivity contribution in [1.82, 2.24) is 15.1 Å². The first-order valence-corrected chi connectivity index (χ1v) is 8.25. The third-order valence-corrected chi connectivity index (χ3v) is 5.18. The lowest BCUT2D eigenvalue weighted by molar-refractivity contribution is 0.530. The van der Waals surface area contributed by atoms with Crippen LogP contribution in [0.5, 0.6) is 0 Å². The molecule has 2 heterocycles. The van der Waals surface area contributed by atoms with Gasteiger partial charge in [0.25, 0.3) is 0 Å². The fraction of sp³-hybridized carbons (Fsp3) is 0.462. The van der Waals surface area contributed by atoms with Crippen molar-refractivity contribution in [3.05, 3.63) is 36.7 Å². The van der Waals surface area contributed by atoms with Crippen molar-refractivity contribution in [3.8, 4) is 0 Å². The van der Waals surface area contributed by atoms with E-state index in [0.29, 0.717) is 9.36 Å². The summed E-state index contributed by atoms with van der Waals surface area (Å²) in [5.74, 6) is 0. The lowest BCUT2D eigenvalue weighted by Gasteiger charge is -2.18. The molecule has 0 fully saturated rings. The highest BCUT2D eigenvalue weighted by molar-refractivity contribution is 7.20. The van der Waals surface area contributed by atoms with E-state index in [0.717, 1.165) is 34.3 Å². The SMILES string of the molecule is CCNC(Cc1c(Cl)c(C)nn1C)c1cc(Cl)sc1Cl. The summed E-state index contributed by atoms with van der Waals surface area (Å²) in [5, 5.41) is 8.49. The van der Waals surface area contributed by atoms with Gasteiger partial charge in [-0.05, 0) is 19.5 Å². The predicted molar refractivity (Wildman–Crippen MR) is 87.4 cm³/mol. The van der Waals surface area contributed by atoms with Crippen LogP contribution < -0.4 is 5.32 Å². The van der Waals surface area contributed by atoms with Gasteiger partial charge in [-0.15, -0.1) is 11.3 Å². The minimum absolute atomic E-state index is 0.0727. The summed E-state index contributed by atoms with van der Waals surface area (Å²) in [4.78, 5) is 0. The summed E-state index contributed by atoms with van der Waals surface area (Å²) < 4.78 is 3.24. The lowest BCUT2D eigenvalue weighted by atomic mass is 10.0. The van der Waals surface area contributed by atoms with E-state index >= 15 is 0 Å². The molecule has 0 aliphatic rings. The highest BCUT2D eigenvalue weighted by Crippen LogP contribution is 2.37. The van der Waals surface area contributed by atoms with E-state index in [4.69, 9.17) is 34.8 Å². The molecule has 0 radical (unpaired) electrons. The number of likely N-dealkylation sites (N-methyl/N-ethyl adjacent to an activating group) is 1. The summed E-state index contributed by atoms with van der Waals surface area (Å²) in [6.45, 7) is 4.80. The number of nitrogens with zero attached hydrogens (tertiary/aromatic N) is 2. The van der Waals surface area contributed by atoms with Crippen molar-refractivity contribution in [1.29, 1.82) is 0 Å². The molecule has 0 bridgehead atoms. The third-order valence-electron chi connectivity index (χ3n) is 3.17. The van der Waals surface area contributed by atoms with Gasteiger partial charge in [-0.1, -0.05) is 41.7 Å². The average molecular weight is 353 g/mol. The smallest absolute Gasteiger partial charge is 0.0992 e. The Hall–Kier alpha value is -0.260. The van der Waals surface area contributed by atoms with Crippen LogP contribution in [0.4, 0.5) is 0 Å². The highest BCUT2D eigenvalue weighted by atomic mass is 35.5. The lowest BCUT2D eigenvalue weighted by Crippen LogP contribution is -2.23. The van der Waals surface area contributed by atoms with Gasteiger partial charge < -0.3 is 5.32 Å². The predicted octanol–water partition coefficient (Wildman–Crippen LogP) is 4.64. The van der Waals surface area contributed by atoms with Gasteiger partial charge in [0.1, 0.15) is 0 Å². The van der Waals surface area contributed by atoms with Crippen molar-refractivity contribution in [2.24, 2.45) is 7.05 Å². The molecule has 0 aliphatic carbocycles. The second-order valence-corrected chi connectivity index (χ2v) is 7.23. The molecule has 7 heteroatoms. The van der Waals surface area contributed by atoms with Crippen LogP contribution in [-0.4, -0.2) is 16.3 Å². The van der Waals surface area contributed by atoms with Crippen molar-refractivity contribution < 1.29 is 0 Å². The molecule has 0 saturated heterocycles. The van der Waals surface area contributed by atoms with Crippen molar-refractivity contribution in [3.63, 3.8) is 0 Å².